The molecule has 0 fully saturated rings. The average Bonchev–Trinajstić information content (AvgIpc) is 2.68. The highest BCUT2D eigenvalue weighted by atomic mass is 79.9. The standard InChI is InChI=1S/C21H17BrN2O3S/c22-18-11-5-4-8-16(18)14-15-21(25)23-19-12-6-7-13-20(19)28(26,27)24-17-9-2-1-3-10-17/h1-15,24H,(H,23,25). The quantitative estimate of drug-likeness (QED) is 0.517. The highest BCUT2D eigenvalue weighted by Crippen LogP contribution is 2.24. The van der Waals surface area contributed by atoms with Gasteiger partial charge >= 0.3 is 0 Å². The third-order valence-corrected chi connectivity index (χ3v) is 5.94. The summed E-state index contributed by atoms with van der Waals surface area (Å²) in [6.07, 6.45) is 3.01. The summed E-state index contributed by atoms with van der Waals surface area (Å²) in [7, 11) is -3.86. The number of anilines is 2. The van der Waals surface area contributed by atoms with Crippen LogP contribution in [0.2, 0.25) is 0 Å². The third-order valence-electron chi connectivity index (χ3n) is 3.78. The second kappa shape index (κ2) is 8.86. The number of para-hydroxylation sites is 2. The maximum atomic E-state index is 12.7. The van der Waals surface area contributed by atoms with Crippen LogP contribution in [0.1, 0.15) is 5.56 Å². The van der Waals surface area contributed by atoms with E-state index in [4.69, 9.17) is 0 Å². The molecule has 0 atom stereocenters. The average molecular weight is 457 g/mol. The molecule has 0 saturated carbocycles. The number of hydrogen-bond donors (Lipinski definition) is 2. The van der Waals surface area contributed by atoms with Crippen molar-refractivity contribution in [1.29, 1.82) is 0 Å². The van der Waals surface area contributed by atoms with Crippen LogP contribution in [-0.4, -0.2) is 14.3 Å². The lowest BCUT2D eigenvalue weighted by atomic mass is 10.2. The molecule has 3 aromatic carbocycles. The summed E-state index contributed by atoms with van der Waals surface area (Å²) in [5.41, 5.74) is 1.48. The summed E-state index contributed by atoms with van der Waals surface area (Å²) >= 11 is 3.41. The number of benzene rings is 3. The summed E-state index contributed by atoms with van der Waals surface area (Å²) in [6.45, 7) is 0. The van der Waals surface area contributed by atoms with Gasteiger partial charge in [-0.3, -0.25) is 9.52 Å². The third kappa shape index (κ3) is 5.09. The summed E-state index contributed by atoms with van der Waals surface area (Å²) in [4.78, 5) is 12.3. The Hall–Kier alpha value is -2.90. The molecule has 2 N–H and O–H groups in total. The molecule has 0 unspecified atom stereocenters. The van der Waals surface area contributed by atoms with Crippen molar-refractivity contribution in [3.05, 3.63) is 95.0 Å². The zero-order valence-corrected chi connectivity index (χ0v) is 17.1. The van der Waals surface area contributed by atoms with Crippen LogP contribution in [0.25, 0.3) is 6.08 Å². The molecular weight excluding hydrogens is 440 g/mol. The number of amides is 1. The highest BCUT2D eigenvalue weighted by molar-refractivity contribution is 9.10. The first-order valence-corrected chi connectivity index (χ1v) is 10.6. The van der Waals surface area contributed by atoms with E-state index >= 15 is 0 Å². The topological polar surface area (TPSA) is 75.3 Å². The van der Waals surface area contributed by atoms with E-state index in [9.17, 15) is 13.2 Å². The molecule has 1 amide bonds. The van der Waals surface area contributed by atoms with Crippen molar-refractivity contribution in [3.8, 4) is 0 Å². The van der Waals surface area contributed by atoms with Gasteiger partial charge in [0.1, 0.15) is 4.90 Å². The molecule has 0 aromatic heterocycles. The lowest BCUT2D eigenvalue weighted by Gasteiger charge is -2.12. The first-order chi connectivity index (χ1) is 13.5. The van der Waals surface area contributed by atoms with Crippen molar-refractivity contribution >= 4 is 49.3 Å². The van der Waals surface area contributed by atoms with Crippen LogP contribution in [0.15, 0.2) is 94.3 Å². The second-order valence-corrected chi connectivity index (χ2v) is 8.32. The number of sulfonamides is 1. The van der Waals surface area contributed by atoms with E-state index in [2.05, 4.69) is 26.0 Å². The molecule has 0 bridgehead atoms. The predicted molar refractivity (Wildman–Crippen MR) is 115 cm³/mol. The van der Waals surface area contributed by atoms with E-state index < -0.39 is 15.9 Å². The van der Waals surface area contributed by atoms with Gasteiger partial charge in [0.25, 0.3) is 10.0 Å². The Bertz CT molecular complexity index is 1110. The normalized spacial score (nSPS) is 11.3. The van der Waals surface area contributed by atoms with Crippen LogP contribution in [-0.2, 0) is 14.8 Å². The molecule has 0 aliphatic carbocycles. The first-order valence-electron chi connectivity index (χ1n) is 8.36. The number of halogens is 1. The number of rotatable bonds is 6. The molecule has 3 aromatic rings. The molecule has 7 heteroatoms. The number of nitrogens with one attached hydrogen (secondary N) is 2. The van der Waals surface area contributed by atoms with Gasteiger partial charge < -0.3 is 5.32 Å². The fourth-order valence-corrected chi connectivity index (χ4v) is 4.11. The van der Waals surface area contributed by atoms with Gasteiger partial charge in [0.15, 0.2) is 0 Å². The molecular formula is C21H17BrN2O3S. The van der Waals surface area contributed by atoms with Gasteiger partial charge in [-0.2, -0.15) is 0 Å². The zero-order chi connectivity index (χ0) is 20.0. The molecule has 3 rings (SSSR count). The minimum absolute atomic E-state index is 0.0125. The fourth-order valence-electron chi connectivity index (χ4n) is 2.47. The van der Waals surface area contributed by atoms with Gasteiger partial charge in [-0.05, 0) is 42.0 Å². The van der Waals surface area contributed by atoms with E-state index in [-0.39, 0.29) is 10.6 Å². The summed E-state index contributed by atoms with van der Waals surface area (Å²) in [5.74, 6) is -0.432. The minimum atomic E-state index is -3.86. The SMILES string of the molecule is O=C(C=Cc1ccccc1Br)Nc1ccccc1S(=O)(=O)Nc1ccccc1. The van der Waals surface area contributed by atoms with Crippen LogP contribution in [0.5, 0.6) is 0 Å². The van der Waals surface area contributed by atoms with Gasteiger partial charge in [0.05, 0.1) is 5.69 Å². The molecule has 142 valence electrons. The molecule has 0 heterocycles. The van der Waals surface area contributed by atoms with Crippen LogP contribution in [0.3, 0.4) is 0 Å². The highest BCUT2D eigenvalue weighted by Gasteiger charge is 2.19. The Morgan fingerprint density at radius 1 is 0.857 bits per heavy atom. The van der Waals surface area contributed by atoms with Gasteiger partial charge in [0, 0.05) is 16.2 Å². The van der Waals surface area contributed by atoms with E-state index in [1.807, 2.05) is 24.3 Å². The first kappa shape index (κ1) is 19.9. The summed E-state index contributed by atoms with van der Waals surface area (Å²) in [5, 5.41) is 2.63. The lowest BCUT2D eigenvalue weighted by Crippen LogP contribution is -2.17. The minimum Gasteiger partial charge on any atom is -0.321 e. The van der Waals surface area contributed by atoms with Crippen molar-refractivity contribution in [2.45, 2.75) is 4.90 Å². The van der Waals surface area contributed by atoms with Crippen LogP contribution >= 0.6 is 15.9 Å². The smallest absolute Gasteiger partial charge is 0.263 e. The van der Waals surface area contributed by atoms with Crippen molar-refractivity contribution in [3.63, 3.8) is 0 Å². The van der Waals surface area contributed by atoms with Gasteiger partial charge in [0.2, 0.25) is 5.91 Å². The Labute approximate surface area is 172 Å². The van der Waals surface area contributed by atoms with E-state index in [0.717, 1.165) is 10.0 Å². The number of carbonyl (C=O) groups is 1. The van der Waals surface area contributed by atoms with Crippen molar-refractivity contribution in [2.75, 3.05) is 10.0 Å². The molecule has 28 heavy (non-hydrogen) atoms. The summed E-state index contributed by atoms with van der Waals surface area (Å²) < 4.78 is 28.8. The van der Waals surface area contributed by atoms with Crippen LogP contribution < -0.4 is 10.0 Å². The second-order valence-electron chi connectivity index (χ2n) is 5.81. The largest absolute Gasteiger partial charge is 0.321 e. The molecule has 0 radical (unpaired) electrons. The molecule has 5 nitrogen and oxygen atoms in total. The molecule has 0 aliphatic heterocycles. The van der Waals surface area contributed by atoms with Crippen molar-refractivity contribution < 1.29 is 13.2 Å². The van der Waals surface area contributed by atoms with Gasteiger partial charge in [-0.1, -0.05) is 64.5 Å². The maximum absolute atomic E-state index is 12.7. The Balaban J connectivity index is 1.80. The van der Waals surface area contributed by atoms with Gasteiger partial charge in [-0.25, -0.2) is 8.42 Å². The number of carbonyl (C=O) groups excluding carboxylic acids is 1. The van der Waals surface area contributed by atoms with E-state index in [1.54, 1.807) is 54.6 Å². The molecule has 0 spiro atoms. The van der Waals surface area contributed by atoms with Crippen LogP contribution in [0.4, 0.5) is 11.4 Å². The van der Waals surface area contributed by atoms with Crippen LogP contribution in [0, 0.1) is 0 Å². The Kier molecular flexibility index (Phi) is 6.28. The maximum Gasteiger partial charge on any atom is 0.263 e. The Morgan fingerprint density at radius 3 is 2.25 bits per heavy atom. The fraction of sp³-hybridized carbons (Fsp3) is 0. The Morgan fingerprint density at radius 2 is 1.50 bits per heavy atom. The zero-order valence-electron chi connectivity index (χ0n) is 14.7. The number of hydrogen-bond acceptors (Lipinski definition) is 3. The summed E-state index contributed by atoms with van der Waals surface area (Å²) in [6, 6.07) is 22.3. The monoisotopic (exact) mass is 456 g/mol. The predicted octanol–water partition coefficient (Wildman–Crippen LogP) is 4.90. The van der Waals surface area contributed by atoms with Gasteiger partial charge in [-0.15, -0.1) is 0 Å². The van der Waals surface area contributed by atoms with E-state index in [1.165, 1.54) is 12.1 Å². The lowest BCUT2D eigenvalue weighted by molar-refractivity contribution is -0.111. The van der Waals surface area contributed by atoms with Crippen molar-refractivity contribution in [2.24, 2.45) is 0 Å². The molecule has 0 saturated heterocycles. The van der Waals surface area contributed by atoms with Crippen molar-refractivity contribution in [1.82, 2.24) is 0 Å². The molecule has 0 aliphatic rings. The van der Waals surface area contributed by atoms with E-state index in [0.29, 0.717) is 5.69 Å².